The van der Waals surface area contributed by atoms with Crippen LogP contribution >= 0.6 is 0 Å². The molecule has 0 aliphatic rings. The van der Waals surface area contributed by atoms with Crippen molar-refractivity contribution in [2.75, 3.05) is 0 Å². The summed E-state index contributed by atoms with van der Waals surface area (Å²) in [5, 5.41) is 0. The molecule has 0 aliphatic carbocycles. The minimum atomic E-state index is -0.00102. The summed E-state index contributed by atoms with van der Waals surface area (Å²) >= 11 is 0. The van der Waals surface area contributed by atoms with Crippen LogP contribution in [-0.2, 0) is 13.6 Å². The highest BCUT2D eigenvalue weighted by Gasteiger charge is 2.03. The zero-order valence-electron chi connectivity index (χ0n) is 7.53. The quantitative estimate of drug-likeness (QED) is 0.688. The lowest BCUT2D eigenvalue weighted by molar-refractivity contribution is 0.522. The molecule has 12 heavy (non-hydrogen) atoms. The average Bonchev–Trinajstić information content (AvgIpc) is 2.36. The van der Waals surface area contributed by atoms with Crippen molar-refractivity contribution in [3.05, 3.63) is 22.9 Å². The van der Waals surface area contributed by atoms with Gasteiger partial charge in [0.1, 0.15) is 0 Å². The van der Waals surface area contributed by atoms with Gasteiger partial charge in [0.2, 0.25) is 0 Å². The van der Waals surface area contributed by atoms with E-state index in [1.165, 1.54) is 0 Å². The fourth-order valence-electron chi connectivity index (χ4n) is 1.03. The molecule has 0 bridgehead atoms. The van der Waals surface area contributed by atoms with E-state index < -0.39 is 0 Å². The van der Waals surface area contributed by atoms with Crippen molar-refractivity contribution in [3.63, 3.8) is 0 Å². The Labute approximate surface area is 71.6 Å². The van der Waals surface area contributed by atoms with Gasteiger partial charge in [0.15, 0.2) is 0 Å². The van der Waals surface area contributed by atoms with E-state index in [0.29, 0.717) is 6.54 Å². The molecule has 0 aromatic carbocycles. The molecular formula is C8H15N3O. The van der Waals surface area contributed by atoms with E-state index in [1.54, 1.807) is 28.6 Å². The molecule has 68 valence electrons. The van der Waals surface area contributed by atoms with Gasteiger partial charge in [-0.1, -0.05) is 6.92 Å². The van der Waals surface area contributed by atoms with Gasteiger partial charge in [-0.15, -0.1) is 0 Å². The normalized spacial score (nSPS) is 13.2. The topological polar surface area (TPSA) is 52.9 Å². The third kappa shape index (κ3) is 1.76. The molecule has 1 aromatic heterocycles. The van der Waals surface area contributed by atoms with Crippen molar-refractivity contribution < 1.29 is 0 Å². The molecular weight excluding hydrogens is 154 g/mol. The van der Waals surface area contributed by atoms with Crippen LogP contribution in [0.4, 0.5) is 0 Å². The van der Waals surface area contributed by atoms with Gasteiger partial charge in [-0.25, -0.2) is 4.79 Å². The van der Waals surface area contributed by atoms with Crippen molar-refractivity contribution in [1.82, 2.24) is 9.13 Å². The summed E-state index contributed by atoms with van der Waals surface area (Å²) in [5.41, 5.74) is 5.71. The fourth-order valence-corrected chi connectivity index (χ4v) is 1.03. The van der Waals surface area contributed by atoms with E-state index in [0.717, 1.165) is 6.42 Å². The van der Waals surface area contributed by atoms with Gasteiger partial charge in [-0.3, -0.25) is 4.57 Å². The Morgan fingerprint density at radius 3 is 2.67 bits per heavy atom. The molecule has 2 N–H and O–H groups in total. The number of nitrogens with two attached hydrogens (primary N) is 1. The molecule has 0 saturated carbocycles. The maximum absolute atomic E-state index is 11.3. The molecule has 0 spiro atoms. The predicted octanol–water partition coefficient (Wildman–Crippen LogP) is -0.0759. The van der Waals surface area contributed by atoms with Gasteiger partial charge in [0, 0.05) is 32.0 Å². The SMILES string of the molecule is CCC(N)Cn1ccn(C)c1=O. The largest absolute Gasteiger partial charge is 0.327 e. The minimum absolute atomic E-state index is 0.00102. The molecule has 1 heterocycles. The Kier molecular flexibility index (Phi) is 2.70. The lowest BCUT2D eigenvalue weighted by atomic mass is 10.2. The Balaban J connectivity index is 2.76. The maximum atomic E-state index is 11.3. The van der Waals surface area contributed by atoms with Gasteiger partial charge < -0.3 is 10.3 Å². The maximum Gasteiger partial charge on any atom is 0.327 e. The van der Waals surface area contributed by atoms with Crippen LogP contribution in [0.5, 0.6) is 0 Å². The number of hydrogen-bond acceptors (Lipinski definition) is 2. The van der Waals surface area contributed by atoms with Crippen LogP contribution in [0.15, 0.2) is 17.2 Å². The Morgan fingerprint density at radius 1 is 1.58 bits per heavy atom. The standard InChI is InChI=1S/C8H15N3O/c1-3-7(9)6-11-5-4-10(2)8(11)12/h4-5,7H,3,6,9H2,1-2H3. The van der Waals surface area contributed by atoms with E-state index >= 15 is 0 Å². The van der Waals surface area contributed by atoms with Crippen LogP contribution in [-0.4, -0.2) is 15.2 Å². The van der Waals surface area contributed by atoms with Crippen LogP contribution < -0.4 is 11.4 Å². The molecule has 1 unspecified atom stereocenters. The van der Waals surface area contributed by atoms with Gasteiger partial charge in [0.25, 0.3) is 0 Å². The van der Waals surface area contributed by atoms with Crippen molar-refractivity contribution in [1.29, 1.82) is 0 Å². The molecule has 1 rings (SSSR count). The van der Waals surface area contributed by atoms with Crippen molar-refractivity contribution >= 4 is 0 Å². The molecule has 1 aromatic rings. The van der Waals surface area contributed by atoms with Crippen LogP contribution in [0, 0.1) is 0 Å². The van der Waals surface area contributed by atoms with Gasteiger partial charge >= 0.3 is 5.69 Å². The molecule has 4 nitrogen and oxygen atoms in total. The lowest BCUT2D eigenvalue weighted by Gasteiger charge is -2.07. The Morgan fingerprint density at radius 2 is 2.25 bits per heavy atom. The highest BCUT2D eigenvalue weighted by molar-refractivity contribution is 4.81. The smallest absolute Gasteiger partial charge is 0.326 e. The Bertz CT molecular complexity index is 299. The highest BCUT2D eigenvalue weighted by atomic mass is 16.1. The van der Waals surface area contributed by atoms with Gasteiger partial charge in [-0.2, -0.15) is 0 Å². The summed E-state index contributed by atoms with van der Waals surface area (Å²) in [6.07, 6.45) is 4.39. The molecule has 0 radical (unpaired) electrons. The zero-order chi connectivity index (χ0) is 9.14. The first kappa shape index (κ1) is 9.06. The average molecular weight is 169 g/mol. The van der Waals surface area contributed by atoms with E-state index in [-0.39, 0.29) is 11.7 Å². The minimum Gasteiger partial charge on any atom is -0.326 e. The summed E-state index contributed by atoms with van der Waals surface area (Å²) < 4.78 is 3.18. The molecule has 0 fully saturated rings. The molecule has 0 saturated heterocycles. The first-order valence-corrected chi connectivity index (χ1v) is 4.12. The molecule has 1 atom stereocenters. The molecule has 4 heteroatoms. The fraction of sp³-hybridized carbons (Fsp3) is 0.625. The number of aromatic nitrogens is 2. The van der Waals surface area contributed by atoms with Crippen molar-refractivity contribution in [3.8, 4) is 0 Å². The highest BCUT2D eigenvalue weighted by Crippen LogP contribution is 1.90. The molecule has 0 aliphatic heterocycles. The van der Waals surface area contributed by atoms with E-state index in [1.807, 2.05) is 6.92 Å². The first-order chi connectivity index (χ1) is 5.65. The van der Waals surface area contributed by atoms with Crippen molar-refractivity contribution in [2.24, 2.45) is 12.8 Å². The second-order valence-corrected chi connectivity index (χ2v) is 3.01. The summed E-state index contributed by atoms with van der Waals surface area (Å²) in [4.78, 5) is 11.3. The van der Waals surface area contributed by atoms with Crippen LogP contribution in [0.1, 0.15) is 13.3 Å². The number of aryl methyl sites for hydroxylation is 1. The summed E-state index contributed by atoms with van der Waals surface area (Å²) in [6.45, 7) is 2.62. The van der Waals surface area contributed by atoms with Gasteiger partial charge in [-0.05, 0) is 6.42 Å². The van der Waals surface area contributed by atoms with Gasteiger partial charge in [0.05, 0.1) is 0 Å². The summed E-state index contributed by atoms with van der Waals surface area (Å²) in [6, 6.07) is 0.0742. The van der Waals surface area contributed by atoms with E-state index in [2.05, 4.69) is 0 Å². The van der Waals surface area contributed by atoms with E-state index in [9.17, 15) is 4.79 Å². The third-order valence-electron chi connectivity index (χ3n) is 1.97. The van der Waals surface area contributed by atoms with Crippen LogP contribution in [0.25, 0.3) is 0 Å². The number of imidazole rings is 1. The first-order valence-electron chi connectivity index (χ1n) is 4.12. The Hall–Kier alpha value is -1.03. The van der Waals surface area contributed by atoms with Crippen molar-refractivity contribution in [2.45, 2.75) is 25.9 Å². The predicted molar refractivity (Wildman–Crippen MR) is 47.9 cm³/mol. The summed E-state index contributed by atoms with van der Waals surface area (Å²) in [5.74, 6) is 0. The monoisotopic (exact) mass is 169 g/mol. The lowest BCUT2D eigenvalue weighted by Crippen LogP contribution is -2.31. The second kappa shape index (κ2) is 3.58. The second-order valence-electron chi connectivity index (χ2n) is 3.01. The van der Waals surface area contributed by atoms with Crippen LogP contribution in [0.2, 0.25) is 0 Å². The van der Waals surface area contributed by atoms with Crippen LogP contribution in [0.3, 0.4) is 0 Å². The molecule has 0 amide bonds. The zero-order valence-corrected chi connectivity index (χ0v) is 7.53. The number of nitrogens with zero attached hydrogens (tertiary/aromatic N) is 2. The van der Waals surface area contributed by atoms with E-state index in [4.69, 9.17) is 5.73 Å². The third-order valence-corrected chi connectivity index (χ3v) is 1.97. The summed E-state index contributed by atoms with van der Waals surface area (Å²) in [7, 11) is 1.73. The number of rotatable bonds is 3. The number of hydrogen-bond donors (Lipinski definition) is 1.